The molecule has 1 aliphatic rings. The van der Waals surface area contributed by atoms with Gasteiger partial charge in [0.25, 0.3) is 0 Å². The van der Waals surface area contributed by atoms with Crippen LogP contribution in [-0.4, -0.2) is 29.7 Å². The van der Waals surface area contributed by atoms with E-state index >= 15 is 0 Å². The van der Waals surface area contributed by atoms with Gasteiger partial charge in [-0.1, -0.05) is 12.1 Å². The summed E-state index contributed by atoms with van der Waals surface area (Å²) in [6.07, 6.45) is 0.539. The van der Waals surface area contributed by atoms with Crippen LogP contribution in [0.1, 0.15) is 24.9 Å². The number of benzene rings is 1. The Labute approximate surface area is 107 Å². The zero-order valence-corrected chi connectivity index (χ0v) is 11.0. The van der Waals surface area contributed by atoms with Gasteiger partial charge in [-0.05, 0) is 24.6 Å². The number of thiol groups is 1. The lowest BCUT2D eigenvalue weighted by Crippen LogP contribution is -2.28. The lowest BCUT2D eigenvalue weighted by Gasteiger charge is -2.25. The highest BCUT2D eigenvalue weighted by molar-refractivity contribution is 7.81. The van der Waals surface area contributed by atoms with Crippen molar-refractivity contribution in [2.24, 2.45) is 0 Å². The number of carbonyl (C=O) groups excluding carboxylic acids is 1. The van der Waals surface area contributed by atoms with Crippen molar-refractivity contribution in [1.29, 1.82) is 0 Å². The molecule has 3 nitrogen and oxygen atoms in total. The van der Waals surface area contributed by atoms with E-state index in [1.54, 1.807) is 7.11 Å². The SMILES string of the molecule is COc1cccc(C(C)N2CC(S)CC2=O)c1. The number of ether oxygens (including phenoxy) is 1. The van der Waals surface area contributed by atoms with Crippen LogP contribution in [0.5, 0.6) is 5.75 Å². The minimum atomic E-state index is 0.0785. The Bertz CT molecular complexity index is 422. The van der Waals surface area contributed by atoms with Gasteiger partial charge in [0.2, 0.25) is 5.91 Å². The van der Waals surface area contributed by atoms with E-state index in [0.29, 0.717) is 6.42 Å². The molecule has 92 valence electrons. The summed E-state index contributed by atoms with van der Waals surface area (Å²) in [7, 11) is 1.65. The predicted octanol–water partition coefficient (Wildman–Crippen LogP) is 2.29. The van der Waals surface area contributed by atoms with Gasteiger partial charge in [-0.2, -0.15) is 12.6 Å². The van der Waals surface area contributed by atoms with E-state index in [2.05, 4.69) is 12.6 Å². The predicted molar refractivity (Wildman–Crippen MR) is 70.5 cm³/mol. The highest BCUT2D eigenvalue weighted by atomic mass is 32.1. The summed E-state index contributed by atoms with van der Waals surface area (Å²) in [6, 6.07) is 7.93. The van der Waals surface area contributed by atoms with Crippen molar-refractivity contribution < 1.29 is 9.53 Å². The van der Waals surface area contributed by atoms with Crippen LogP contribution < -0.4 is 4.74 Å². The second-order valence-electron chi connectivity index (χ2n) is 4.36. The van der Waals surface area contributed by atoms with Crippen LogP contribution in [0.25, 0.3) is 0 Å². The lowest BCUT2D eigenvalue weighted by molar-refractivity contribution is -0.129. The maximum atomic E-state index is 11.8. The molecule has 1 aromatic carbocycles. The third kappa shape index (κ3) is 2.57. The summed E-state index contributed by atoms with van der Waals surface area (Å²) in [5.41, 5.74) is 1.10. The van der Waals surface area contributed by atoms with E-state index in [1.807, 2.05) is 36.1 Å². The van der Waals surface area contributed by atoms with Gasteiger partial charge < -0.3 is 9.64 Å². The Morgan fingerprint density at radius 3 is 2.88 bits per heavy atom. The van der Waals surface area contributed by atoms with E-state index in [0.717, 1.165) is 17.9 Å². The zero-order valence-electron chi connectivity index (χ0n) is 10.1. The molecule has 2 unspecified atom stereocenters. The van der Waals surface area contributed by atoms with Crippen molar-refractivity contribution in [3.8, 4) is 5.75 Å². The summed E-state index contributed by atoms with van der Waals surface area (Å²) >= 11 is 4.37. The molecule has 0 radical (unpaired) electrons. The van der Waals surface area contributed by atoms with Crippen molar-refractivity contribution >= 4 is 18.5 Å². The van der Waals surface area contributed by atoms with E-state index in [4.69, 9.17) is 4.74 Å². The fourth-order valence-electron chi connectivity index (χ4n) is 2.17. The number of methoxy groups -OCH3 is 1. The molecule has 17 heavy (non-hydrogen) atoms. The van der Waals surface area contributed by atoms with Crippen molar-refractivity contribution in [3.05, 3.63) is 29.8 Å². The fraction of sp³-hybridized carbons (Fsp3) is 0.462. The molecule has 1 aromatic rings. The summed E-state index contributed by atoms with van der Waals surface area (Å²) in [6.45, 7) is 2.76. The Morgan fingerprint density at radius 2 is 2.29 bits per heavy atom. The molecule has 0 aromatic heterocycles. The molecular weight excluding hydrogens is 234 g/mol. The minimum Gasteiger partial charge on any atom is -0.497 e. The first-order valence-electron chi connectivity index (χ1n) is 5.73. The zero-order chi connectivity index (χ0) is 12.4. The number of rotatable bonds is 3. The monoisotopic (exact) mass is 251 g/mol. The molecule has 0 N–H and O–H groups in total. The highest BCUT2D eigenvalue weighted by Crippen LogP contribution is 2.29. The van der Waals surface area contributed by atoms with E-state index < -0.39 is 0 Å². The summed E-state index contributed by atoms with van der Waals surface area (Å²) < 4.78 is 5.20. The first-order chi connectivity index (χ1) is 8.11. The van der Waals surface area contributed by atoms with Gasteiger partial charge in [0, 0.05) is 18.2 Å². The van der Waals surface area contributed by atoms with Gasteiger partial charge in [-0.25, -0.2) is 0 Å². The normalized spacial score (nSPS) is 21.7. The Kier molecular flexibility index (Phi) is 3.62. The second kappa shape index (κ2) is 5.00. The quantitative estimate of drug-likeness (QED) is 0.835. The van der Waals surface area contributed by atoms with Crippen LogP contribution in [0, 0.1) is 0 Å². The third-order valence-corrected chi connectivity index (χ3v) is 3.53. The minimum absolute atomic E-state index is 0.0785. The first kappa shape index (κ1) is 12.3. The molecular formula is C13H17NO2S. The van der Waals surface area contributed by atoms with Crippen molar-refractivity contribution in [3.63, 3.8) is 0 Å². The number of amides is 1. The van der Waals surface area contributed by atoms with Crippen molar-refractivity contribution in [1.82, 2.24) is 4.90 Å². The molecule has 1 amide bonds. The molecule has 1 heterocycles. The number of hydrogen-bond donors (Lipinski definition) is 1. The molecule has 1 saturated heterocycles. The van der Waals surface area contributed by atoms with Gasteiger partial charge >= 0.3 is 0 Å². The highest BCUT2D eigenvalue weighted by Gasteiger charge is 2.31. The van der Waals surface area contributed by atoms with Crippen LogP contribution in [0.3, 0.4) is 0 Å². The van der Waals surface area contributed by atoms with Gasteiger partial charge in [-0.3, -0.25) is 4.79 Å². The van der Waals surface area contributed by atoms with E-state index in [-0.39, 0.29) is 17.2 Å². The van der Waals surface area contributed by atoms with Gasteiger partial charge in [0.1, 0.15) is 5.75 Å². The summed E-state index contributed by atoms with van der Waals surface area (Å²) in [5, 5.41) is 0.163. The van der Waals surface area contributed by atoms with Gasteiger partial charge in [-0.15, -0.1) is 0 Å². The summed E-state index contributed by atoms with van der Waals surface area (Å²) in [4.78, 5) is 13.7. The topological polar surface area (TPSA) is 29.5 Å². The molecule has 2 atom stereocenters. The van der Waals surface area contributed by atoms with E-state index in [1.165, 1.54) is 0 Å². The molecule has 4 heteroatoms. The number of hydrogen-bond acceptors (Lipinski definition) is 3. The number of carbonyl (C=O) groups is 1. The van der Waals surface area contributed by atoms with Crippen LogP contribution >= 0.6 is 12.6 Å². The van der Waals surface area contributed by atoms with Crippen LogP contribution in [0.4, 0.5) is 0 Å². The first-order valence-corrected chi connectivity index (χ1v) is 6.25. The maximum Gasteiger partial charge on any atom is 0.224 e. The molecule has 2 rings (SSSR count). The molecule has 1 fully saturated rings. The van der Waals surface area contributed by atoms with Crippen molar-refractivity contribution in [2.75, 3.05) is 13.7 Å². The Hall–Kier alpha value is -1.16. The number of nitrogens with zero attached hydrogens (tertiary/aromatic N) is 1. The fourth-order valence-corrected chi connectivity index (χ4v) is 2.50. The van der Waals surface area contributed by atoms with Crippen LogP contribution in [0.2, 0.25) is 0 Å². The second-order valence-corrected chi connectivity index (χ2v) is 5.09. The molecule has 0 aliphatic carbocycles. The van der Waals surface area contributed by atoms with E-state index in [9.17, 15) is 4.79 Å². The number of likely N-dealkylation sites (tertiary alicyclic amines) is 1. The Morgan fingerprint density at radius 1 is 1.53 bits per heavy atom. The lowest BCUT2D eigenvalue weighted by atomic mass is 10.1. The maximum absolute atomic E-state index is 11.8. The Balaban J connectivity index is 2.18. The molecule has 1 aliphatic heterocycles. The van der Waals surface area contributed by atoms with Crippen LogP contribution in [-0.2, 0) is 4.79 Å². The summed E-state index contributed by atoms with van der Waals surface area (Å²) in [5.74, 6) is 1.00. The smallest absolute Gasteiger partial charge is 0.224 e. The third-order valence-electron chi connectivity index (χ3n) is 3.18. The largest absolute Gasteiger partial charge is 0.497 e. The van der Waals surface area contributed by atoms with Crippen LogP contribution in [0.15, 0.2) is 24.3 Å². The molecule has 0 bridgehead atoms. The van der Waals surface area contributed by atoms with Gasteiger partial charge in [0.15, 0.2) is 0 Å². The standard InChI is InChI=1S/C13H17NO2S/c1-9(14-8-12(17)7-13(14)15)10-4-3-5-11(6-10)16-2/h3-6,9,12,17H,7-8H2,1-2H3. The van der Waals surface area contributed by atoms with Gasteiger partial charge in [0.05, 0.1) is 13.2 Å². The molecule has 0 spiro atoms. The van der Waals surface area contributed by atoms with Crippen molar-refractivity contribution in [2.45, 2.75) is 24.6 Å². The average Bonchev–Trinajstić information content (AvgIpc) is 2.67. The average molecular weight is 251 g/mol. The molecule has 0 saturated carbocycles.